The van der Waals surface area contributed by atoms with Crippen LogP contribution in [-0.2, 0) is 9.47 Å². The summed E-state index contributed by atoms with van der Waals surface area (Å²) in [5.74, 6) is 0. The first-order valence-corrected chi connectivity index (χ1v) is 7.85. The van der Waals surface area contributed by atoms with E-state index in [1.54, 1.807) is 0 Å². The number of aliphatic hydroxyl groups excluding tert-OH is 1. The maximum absolute atomic E-state index is 9.65. The molecule has 0 saturated carbocycles. The van der Waals surface area contributed by atoms with E-state index in [-0.39, 0.29) is 12.1 Å². The minimum atomic E-state index is -0.269. The Morgan fingerprint density at radius 2 is 1.60 bits per heavy atom. The Bertz CT molecular complexity index is 207. The van der Waals surface area contributed by atoms with Crippen molar-refractivity contribution in [2.75, 3.05) is 59.2 Å². The second-order valence-electron chi connectivity index (χ2n) is 5.32. The fraction of sp³-hybridized carbons (Fsp3) is 1.00. The average Bonchev–Trinajstić information content (AvgIpc) is 2.45. The highest BCUT2D eigenvalue weighted by Crippen LogP contribution is 2.06. The van der Waals surface area contributed by atoms with Gasteiger partial charge in [0.25, 0.3) is 0 Å². The molecule has 0 aliphatic rings. The van der Waals surface area contributed by atoms with Gasteiger partial charge in [-0.2, -0.15) is 0 Å². The van der Waals surface area contributed by atoms with Crippen molar-refractivity contribution < 1.29 is 14.6 Å². The Balaban J connectivity index is 4.32. The molecule has 122 valence electrons. The molecule has 0 aromatic carbocycles. The van der Waals surface area contributed by atoms with Crippen LogP contribution in [0, 0.1) is 0 Å². The molecule has 0 aromatic rings. The van der Waals surface area contributed by atoms with E-state index >= 15 is 0 Å². The molecule has 0 heterocycles. The summed E-state index contributed by atoms with van der Waals surface area (Å²) in [6.07, 6.45) is 1.06. The Kier molecular flexibility index (Phi) is 12.4. The largest absolute Gasteiger partial charge is 0.394 e. The number of ether oxygens (including phenoxy) is 2. The Labute approximate surface area is 124 Å². The summed E-state index contributed by atoms with van der Waals surface area (Å²) < 4.78 is 10.9. The van der Waals surface area contributed by atoms with Crippen molar-refractivity contribution in [3.63, 3.8) is 0 Å². The van der Waals surface area contributed by atoms with Crippen LogP contribution in [0.4, 0.5) is 0 Å². The highest BCUT2D eigenvalue weighted by molar-refractivity contribution is 4.86. The first-order chi connectivity index (χ1) is 9.61. The van der Waals surface area contributed by atoms with E-state index < -0.39 is 0 Å². The van der Waals surface area contributed by atoms with Crippen molar-refractivity contribution >= 4 is 0 Å². The summed E-state index contributed by atoms with van der Waals surface area (Å²) >= 11 is 0. The fourth-order valence-electron chi connectivity index (χ4n) is 2.03. The second kappa shape index (κ2) is 12.5. The summed E-state index contributed by atoms with van der Waals surface area (Å²) in [5.41, 5.74) is -0.269. The van der Waals surface area contributed by atoms with Gasteiger partial charge < -0.3 is 19.9 Å². The first-order valence-electron chi connectivity index (χ1n) is 7.85. The molecule has 0 bridgehead atoms. The summed E-state index contributed by atoms with van der Waals surface area (Å²) in [6, 6.07) is 0. The Morgan fingerprint density at radius 3 is 2.00 bits per heavy atom. The molecule has 0 radical (unpaired) electrons. The zero-order chi connectivity index (χ0) is 15.3. The van der Waals surface area contributed by atoms with E-state index in [1.165, 1.54) is 0 Å². The second-order valence-corrected chi connectivity index (χ2v) is 5.32. The summed E-state index contributed by atoms with van der Waals surface area (Å²) in [7, 11) is 0. The first kappa shape index (κ1) is 19.8. The van der Waals surface area contributed by atoms with E-state index in [4.69, 9.17) is 9.47 Å². The van der Waals surface area contributed by atoms with Crippen molar-refractivity contribution in [1.82, 2.24) is 10.2 Å². The lowest BCUT2D eigenvalue weighted by molar-refractivity contribution is 0.0572. The Morgan fingerprint density at radius 1 is 1.05 bits per heavy atom. The van der Waals surface area contributed by atoms with Gasteiger partial charge in [-0.3, -0.25) is 4.90 Å². The van der Waals surface area contributed by atoms with Crippen LogP contribution < -0.4 is 5.32 Å². The predicted molar refractivity (Wildman–Crippen MR) is 83.2 cm³/mol. The lowest BCUT2D eigenvalue weighted by Gasteiger charge is -2.35. The molecule has 20 heavy (non-hydrogen) atoms. The van der Waals surface area contributed by atoms with Gasteiger partial charge in [0.15, 0.2) is 0 Å². The number of rotatable bonds is 14. The van der Waals surface area contributed by atoms with Gasteiger partial charge in [0.05, 0.1) is 25.4 Å². The SMILES string of the molecule is CCCNC(C)(CO)CN(CCOCC)CCOCC. The molecule has 0 saturated heterocycles. The van der Waals surface area contributed by atoms with Gasteiger partial charge in [0.2, 0.25) is 0 Å². The lowest BCUT2D eigenvalue weighted by Crippen LogP contribution is -2.55. The highest BCUT2D eigenvalue weighted by atomic mass is 16.5. The van der Waals surface area contributed by atoms with Crippen molar-refractivity contribution in [1.29, 1.82) is 0 Å². The molecule has 0 aliphatic heterocycles. The maximum atomic E-state index is 9.65. The van der Waals surface area contributed by atoms with Gasteiger partial charge >= 0.3 is 0 Å². The van der Waals surface area contributed by atoms with Crippen molar-refractivity contribution in [3.05, 3.63) is 0 Å². The molecule has 1 unspecified atom stereocenters. The van der Waals surface area contributed by atoms with Crippen LogP contribution >= 0.6 is 0 Å². The number of nitrogens with zero attached hydrogens (tertiary/aromatic N) is 1. The van der Waals surface area contributed by atoms with E-state index in [9.17, 15) is 5.11 Å². The average molecular weight is 290 g/mol. The number of aliphatic hydroxyl groups is 1. The Hall–Kier alpha value is -0.200. The monoisotopic (exact) mass is 290 g/mol. The molecule has 0 spiro atoms. The number of hydrogen-bond donors (Lipinski definition) is 2. The van der Waals surface area contributed by atoms with Gasteiger partial charge in [0.1, 0.15) is 0 Å². The topological polar surface area (TPSA) is 54.0 Å². The smallest absolute Gasteiger partial charge is 0.0623 e. The molecule has 2 N–H and O–H groups in total. The molecule has 5 nitrogen and oxygen atoms in total. The standard InChI is InChI=1S/C15H34N2O3/c1-5-8-16-15(4,14-18)13-17(9-11-19-6-2)10-12-20-7-3/h16,18H,5-14H2,1-4H3. The van der Waals surface area contributed by atoms with Gasteiger partial charge in [-0.25, -0.2) is 0 Å². The predicted octanol–water partition coefficient (Wildman–Crippen LogP) is 1.11. The highest BCUT2D eigenvalue weighted by Gasteiger charge is 2.25. The van der Waals surface area contributed by atoms with Gasteiger partial charge in [-0.1, -0.05) is 6.92 Å². The van der Waals surface area contributed by atoms with Crippen LogP contribution in [0.2, 0.25) is 0 Å². The molecule has 0 amide bonds. The van der Waals surface area contributed by atoms with E-state index in [1.807, 2.05) is 13.8 Å². The summed E-state index contributed by atoms with van der Waals surface area (Å²) in [4.78, 5) is 2.30. The van der Waals surface area contributed by atoms with E-state index in [0.717, 1.165) is 59.0 Å². The van der Waals surface area contributed by atoms with Crippen LogP contribution in [0.25, 0.3) is 0 Å². The summed E-state index contributed by atoms with van der Waals surface area (Å²) in [6.45, 7) is 14.7. The van der Waals surface area contributed by atoms with Crippen molar-refractivity contribution in [2.24, 2.45) is 0 Å². The van der Waals surface area contributed by atoms with Gasteiger partial charge in [-0.05, 0) is 33.7 Å². The van der Waals surface area contributed by atoms with Crippen LogP contribution in [0.3, 0.4) is 0 Å². The summed E-state index contributed by atoms with van der Waals surface area (Å²) in [5, 5.41) is 13.1. The van der Waals surface area contributed by atoms with Crippen LogP contribution in [0.15, 0.2) is 0 Å². The zero-order valence-electron chi connectivity index (χ0n) is 13.8. The van der Waals surface area contributed by atoms with Crippen LogP contribution in [-0.4, -0.2) is 74.8 Å². The van der Waals surface area contributed by atoms with Crippen molar-refractivity contribution in [3.8, 4) is 0 Å². The van der Waals surface area contributed by atoms with Crippen molar-refractivity contribution in [2.45, 2.75) is 39.7 Å². The third kappa shape index (κ3) is 9.66. The number of nitrogens with one attached hydrogen (secondary N) is 1. The van der Waals surface area contributed by atoms with Crippen LogP contribution in [0.5, 0.6) is 0 Å². The molecule has 0 fully saturated rings. The minimum Gasteiger partial charge on any atom is -0.394 e. The number of hydrogen-bond acceptors (Lipinski definition) is 5. The molecule has 0 rings (SSSR count). The zero-order valence-corrected chi connectivity index (χ0v) is 13.8. The minimum absolute atomic E-state index is 0.132. The van der Waals surface area contributed by atoms with Gasteiger partial charge in [-0.15, -0.1) is 0 Å². The molecule has 1 atom stereocenters. The van der Waals surface area contributed by atoms with E-state index in [0.29, 0.717) is 0 Å². The molecule has 5 heteroatoms. The fourth-order valence-corrected chi connectivity index (χ4v) is 2.03. The molecule has 0 aliphatic carbocycles. The lowest BCUT2D eigenvalue weighted by atomic mass is 10.0. The van der Waals surface area contributed by atoms with Gasteiger partial charge in [0, 0.05) is 32.8 Å². The third-order valence-electron chi connectivity index (χ3n) is 3.24. The molecular weight excluding hydrogens is 256 g/mol. The molecular formula is C15H34N2O3. The van der Waals surface area contributed by atoms with E-state index in [2.05, 4.69) is 24.1 Å². The normalized spacial score (nSPS) is 14.7. The maximum Gasteiger partial charge on any atom is 0.0623 e. The molecule has 0 aromatic heterocycles. The van der Waals surface area contributed by atoms with Crippen LogP contribution in [0.1, 0.15) is 34.1 Å². The third-order valence-corrected chi connectivity index (χ3v) is 3.24. The quantitative estimate of drug-likeness (QED) is 0.469.